The fraction of sp³-hybridized carbons (Fsp3) is 0.438. The first-order valence-electron chi connectivity index (χ1n) is 14.5. The molecule has 3 aromatic carbocycles. The third-order valence-electron chi connectivity index (χ3n) is 7.23. The number of phenolic OH excluding ortho intramolecular Hbond substituents is 1. The highest BCUT2D eigenvalue weighted by Gasteiger charge is 2.23. The minimum Gasteiger partial charge on any atom is -0.506 e. The van der Waals surface area contributed by atoms with Gasteiger partial charge in [0, 0.05) is 43.4 Å². The molecule has 0 saturated carbocycles. The number of phenols is 1. The van der Waals surface area contributed by atoms with Gasteiger partial charge in [0.2, 0.25) is 5.91 Å². The normalized spacial score (nSPS) is 10.9. The second kappa shape index (κ2) is 15.6. The maximum absolute atomic E-state index is 12.8. The number of unbranched alkanes of at least 4 members (excludes halogenated alkanes) is 9. The molecule has 3 rings (SSSR count). The van der Waals surface area contributed by atoms with Crippen LogP contribution < -0.4 is 15.0 Å². The van der Waals surface area contributed by atoms with E-state index in [2.05, 4.69) is 12.2 Å². The van der Waals surface area contributed by atoms with Gasteiger partial charge in [-0.05, 0) is 18.6 Å². The predicted molar refractivity (Wildman–Crippen MR) is 162 cm³/mol. The Labute approximate surface area is 241 Å². The van der Waals surface area contributed by atoms with E-state index in [1.165, 1.54) is 81.7 Å². The summed E-state index contributed by atoms with van der Waals surface area (Å²) < 4.78 is 6.27. The van der Waals surface area contributed by atoms with E-state index in [1.807, 2.05) is 0 Å². The molecule has 0 aliphatic heterocycles. The smallest absolute Gasteiger partial charge is 0.271 e. The van der Waals surface area contributed by atoms with E-state index in [1.54, 1.807) is 24.3 Å². The van der Waals surface area contributed by atoms with E-state index in [-0.39, 0.29) is 40.1 Å². The molecule has 0 aromatic heterocycles. The predicted octanol–water partition coefficient (Wildman–Crippen LogP) is 7.88. The molecule has 9 heteroatoms. The van der Waals surface area contributed by atoms with Gasteiger partial charge in [0.15, 0.2) is 5.75 Å². The van der Waals surface area contributed by atoms with Crippen LogP contribution in [0.25, 0.3) is 10.8 Å². The fourth-order valence-corrected chi connectivity index (χ4v) is 4.96. The molecule has 41 heavy (non-hydrogen) atoms. The Hall–Kier alpha value is -4.14. The quantitative estimate of drug-likeness (QED) is 0.104. The Morgan fingerprint density at radius 2 is 1.51 bits per heavy atom. The number of amides is 2. The zero-order valence-electron chi connectivity index (χ0n) is 24.3. The maximum Gasteiger partial charge on any atom is 0.271 e. The number of benzene rings is 3. The number of hydrogen-bond acceptors (Lipinski definition) is 6. The number of nitro groups is 1. The third kappa shape index (κ3) is 8.42. The summed E-state index contributed by atoms with van der Waals surface area (Å²) in [7, 11) is 1.46. The van der Waals surface area contributed by atoms with Crippen molar-refractivity contribution < 1.29 is 24.4 Å². The van der Waals surface area contributed by atoms with Gasteiger partial charge in [0.25, 0.3) is 11.6 Å². The standard InChI is InChI=1S/C32H41N3O6/c1-4-5-6-7-8-9-10-11-12-15-20-34(23(2)36)28-21-24(35(39)40)18-19-29(28)41-30-22-27(32(38)33-3)31(37)26-17-14-13-16-25(26)30/h13-14,16-19,21-22,37H,4-12,15,20H2,1-3H3,(H,33,38). The Balaban J connectivity index is 1.84. The highest BCUT2D eigenvalue weighted by Crippen LogP contribution is 2.41. The van der Waals surface area contributed by atoms with Crippen molar-refractivity contribution in [3.8, 4) is 17.2 Å². The minimum atomic E-state index is -0.508. The molecule has 0 aliphatic rings. The number of carbonyl (C=O) groups excluding carboxylic acids is 2. The third-order valence-corrected chi connectivity index (χ3v) is 7.23. The first kappa shape index (κ1) is 31.4. The highest BCUT2D eigenvalue weighted by molar-refractivity contribution is 6.06. The van der Waals surface area contributed by atoms with Gasteiger partial charge >= 0.3 is 0 Å². The zero-order chi connectivity index (χ0) is 29.8. The van der Waals surface area contributed by atoms with Crippen LogP contribution in [0.3, 0.4) is 0 Å². The number of ether oxygens (including phenoxy) is 1. The van der Waals surface area contributed by atoms with E-state index >= 15 is 0 Å². The number of aromatic hydroxyl groups is 1. The summed E-state index contributed by atoms with van der Waals surface area (Å²) in [5, 5.41) is 25.8. The van der Waals surface area contributed by atoms with Crippen molar-refractivity contribution in [1.29, 1.82) is 0 Å². The number of nitro benzene ring substituents is 1. The van der Waals surface area contributed by atoms with Crippen molar-refractivity contribution in [2.24, 2.45) is 0 Å². The largest absolute Gasteiger partial charge is 0.506 e. The van der Waals surface area contributed by atoms with Gasteiger partial charge in [-0.3, -0.25) is 19.7 Å². The van der Waals surface area contributed by atoms with Gasteiger partial charge in [-0.25, -0.2) is 0 Å². The van der Waals surface area contributed by atoms with Crippen LogP contribution in [0.2, 0.25) is 0 Å². The fourth-order valence-electron chi connectivity index (χ4n) is 4.96. The van der Waals surface area contributed by atoms with Crippen molar-refractivity contribution in [2.45, 2.75) is 78.1 Å². The Bertz CT molecular complexity index is 1360. The van der Waals surface area contributed by atoms with Crippen LogP contribution in [0.5, 0.6) is 17.2 Å². The van der Waals surface area contributed by atoms with Gasteiger partial charge < -0.3 is 20.1 Å². The number of anilines is 1. The first-order valence-corrected chi connectivity index (χ1v) is 14.5. The van der Waals surface area contributed by atoms with Crippen LogP contribution in [0.15, 0.2) is 48.5 Å². The first-order chi connectivity index (χ1) is 19.8. The summed E-state index contributed by atoms with van der Waals surface area (Å²) >= 11 is 0. The lowest BCUT2D eigenvalue weighted by atomic mass is 10.0. The van der Waals surface area contributed by atoms with Crippen LogP contribution in [-0.4, -0.2) is 35.4 Å². The lowest BCUT2D eigenvalue weighted by Gasteiger charge is -2.24. The van der Waals surface area contributed by atoms with Crippen molar-refractivity contribution in [1.82, 2.24) is 5.32 Å². The number of rotatable bonds is 16. The highest BCUT2D eigenvalue weighted by atomic mass is 16.6. The van der Waals surface area contributed by atoms with Crippen LogP contribution in [0, 0.1) is 10.1 Å². The zero-order valence-corrected chi connectivity index (χ0v) is 24.3. The summed E-state index contributed by atoms with van der Waals surface area (Å²) in [4.78, 5) is 37.9. The molecule has 0 aliphatic carbocycles. The number of carbonyl (C=O) groups is 2. The van der Waals surface area contributed by atoms with Crippen LogP contribution in [0.1, 0.15) is 88.4 Å². The molecule has 0 atom stereocenters. The molecule has 0 unspecified atom stereocenters. The maximum atomic E-state index is 12.8. The molecule has 0 heterocycles. The van der Waals surface area contributed by atoms with E-state index < -0.39 is 10.8 Å². The van der Waals surface area contributed by atoms with Crippen LogP contribution in [-0.2, 0) is 4.79 Å². The van der Waals surface area contributed by atoms with E-state index in [0.717, 1.165) is 25.7 Å². The lowest BCUT2D eigenvalue weighted by Crippen LogP contribution is -2.30. The molecular formula is C32H41N3O6. The van der Waals surface area contributed by atoms with Crippen LogP contribution in [0.4, 0.5) is 11.4 Å². The van der Waals surface area contributed by atoms with E-state index in [0.29, 0.717) is 17.3 Å². The summed E-state index contributed by atoms with van der Waals surface area (Å²) in [5.74, 6) is -0.421. The summed E-state index contributed by atoms with van der Waals surface area (Å²) in [6.45, 7) is 4.04. The van der Waals surface area contributed by atoms with Gasteiger partial charge in [-0.2, -0.15) is 0 Å². The molecule has 0 bridgehead atoms. The molecule has 9 nitrogen and oxygen atoms in total. The Morgan fingerprint density at radius 1 is 0.902 bits per heavy atom. The van der Waals surface area contributed by atoms with Crippen molar-refractivity contribution in [3.05, 3.63) is 64.2 Å². The molecule has 0 saturated heterocycles. The SMILES string of the molecule is CCCCCCCCCCCCN(C(C)=O)c1cc([N+](=O)[O-])ccc1Oc1cc(C(=O)NC)c(O)c2ccccc12. The van der Waals surface area contributed by atoms with Gasteiger partial charge in [-0.1, -0.05) is 89.0 Å². The number of nitrogens with zero attached hydrogens (tertiary/aromatic N) is 2. The van der Waals surface area contributed by atoms with Crippen molar-refractivity contribution >= 4 is 34.0 Å². The molecule has 2 N–H and O–H groups in total. The van der Waals surface area contributed by atoms with E-state index in [4.69, 9.17) is 4.74 Å². The summed E-state index contributed by atoms with van der Waals surface area (Å²) in [6.07, 6.45) is 11.5. The number of hydrogen-bond donors (Lipinski definition) is 2. The summed E-state index contributed by atoms with van der Waals surface area (Å²) in [5.41, 5.74) is 0.142. The summed E-state index contributed by atoms with van der Waals surface area (Å²) in [6, 6.07) is 12.5. The topological polar surface area (TPSA) is 122 Å². The number of nitrogens with one attached hydrogen (secondary N) is 1. The minimum absolute atomic E-state index is 0.0263. The molecule has 0 radical (unpaired) electrons. The Kier molecular flexibility index (Phi) is 11.9. The van der Waals surface area contributed by atoms with Crippen molar-refractivity contribution in [2.75, 3.05) is 18.5 Å². The molecule has 3 aromatic rings. The second-order valence-corrected chi connectivity index (χ2v) is 10.3. The molecule has 220 valence electrons. The molecule has 0 spiro atoms. The average Bonchev–Trinajstić information content (AvgIpc) is 2.97. The molecule has 2 amide bonds. The van der Waals surface area contributed by atoms with Crippen LogP contribution >= 0.6 is 0 Å². The van der Waals surface area contributed by atoms with Crippen molar-refractivity contribution in [3.63, 3.8) is 0 Å². The number of non-ortho nitro benzene ring substituents is 1. The van der Waals surface area contributed by atoms with Gasteiger partial charge in [0.1, 0.15) is 11.5 Å². The monoisotopic (exact) mass is 563 g/mol. The lowest BCUT2D eigenvalue weighted by molar-refractivity contribution is -0.384. The average molecular weight is 564 g/mol. The van der Waals surface area contributed by atoms with Gasteiger partial charge in [-0.15, -0.1) is 0 Å². The second-order valence-electron chi connectivity index (χ2n) is 10.3. The molecule has 0 fully saturated rings. The molecular weight excluding hydrogens is 522 g/mol. The Morgan fingerprint density at radius 3 is 2.10 bits per heavy atom. The van der Waals surface area contributed by atoms with Gasteiger partial charge in [0.05, 0.1) is 16.2 Å². The number of fused-ring (bicyclic) bond motifs is 1. The van der Waals surface area contributed by atoms with E-state index in [9.17, 15) is 24.8 Å².